The van der Waals surface area contributed by atoms with Crippen molar-refractivity contribution in [2.45, 2.75) is 32.0 Å². The Balaban J connectivity index is 1.51. The molecule has 27 heavy (non-hydrogen) atoms. The van der Waals surface area contributed by atoms with Crippen LogP contribution >= 0.6 is 11.3 Å². The summed E-state index contributed by atoms with van der Waals surface area (Å²) < 4.78 is 5.79. The lowest BCUT2D eigenvalue weighted by Gasteiger charge is -2.21. The summed E-state index contributed by atoms with van der Waals surface area (Å²) >= 11 is 1.75. The first-order valence-electron chi connectivity index (χ1n) is 9.60. The summed E-state index contributed by atoms with van der Waals surface area (Å²) in [5, 5.41) is 5.17. The third kappa shape index (κ3) is 6.34. The second-order valence-electron chi connectivity index (χ2n) is 7.36. The van der Waals surface area contributed by atoms with Crippen LogP contribution in [0.2, 0.25) is 0 Å². The van der Waals surface area contributed by atoms with Crippen molar-refractivity contribution in [3.63, 3.8) is 0 Å². The lowest BCUT2D eigenvalue weighted by molar-refractivity contribution is -0.908. The van der Waals surface area contributed by atoms with Crippen molar-refractivity contribution in [2.24, 2.45) is 0 Å². The third-order valence-corrected chi connectivity index (χ3v) is 5.77. The fraction of sp³-hybridized carbons (Fsp3) is 0.476. The van der Waals surface area contributed by atoms with Crippen LogP contribution in [0.5, 0.6) is 0 Å². The molecule has 1 aliphatic heterocycles. The van der Waals surface area contributed by atoms with Gasteiger partial charge in [-0.05, 0) is 42.0 Å². The van der Waals surface area contributed by atoms with E-state index in [0.29, 0.717) is 13.1 Å². The largest absolute Gasteiger partial charge is 0.378 e. The molecule has 0 bridgehead atoms. The van der Waals surface area contributed by atoms with Crippen molar-refractivity contribution in [1.29, 1.82) is 0 Å². The number of rotatable bonds is 9. The number of carbonyl (C=O) groups is 1. The zero-order valence-corrected chi connectivity index (χ0v) is 17.1. The van der Waals surface area contributed by atoms with Gasteiger partial charge in [0.2, 0.25) is 0 Å². The van der Waals surface area contributed by atoms with Crippen molar-refractivity contribution in [3.05, 3.63) is 52.2 Å². The number of hydrogen-bond acceptors (Lipinski definition) is 4. The molecular formula is C21H30N3O2S+. The molecule has 0 radical (unpaired) electrons. The highest BCUT2D eigenvalue weighted by Gasteiger charge is 2.24. The number of ether oxygens (including phenoxy) is 1. The van der Waals surface area contributed by atoms with Crippen LogP contribution in [0.15, 0.2) is 41.8 Å². The first-order valence-corrected chi connectivity index (χ1v) is 10.5. The summed E-state index contributed by atoms with van der Waals surface area (Å²) in [4.78, 5) is 17.2. The molecule has 2 heterocycles. The molecule has 1 unspecified atom stereocenters. The van der Waals surface area contributed by atoms with Crippen LogP contribution in [0, 0.1) is 0 Å². The molecule has 1 aliphatic rings. The van der Waals surface area contributed by atoms with Crippen molar-refractivity contribution >= 4 is 22.9 Å². The molecular weight excluding hydrogens is 358 g/mol. The number of thiophene rings is 1. The van der Waals surface area contributed by atoms with Crippen LogP contribution in [0.25, 0.3) is 0 Å². The monoisotopic (exact) mass is 388 g/mol. The maximum absolute atomic E-state index is 12.5. The molecule has 1 amide bonds. The number of nitrogens with zero attached hydrogens (tertiary/aromatic N) is 1. The Bertz CT molecular complexity index is 695. The summed E-state index contributed by atoms with van der Waals surface area (Å²) in [5.74, 6) is 0.0937. The Kier molecular flexibility index (Phi) is 7.26. The highest BCUT2D eigenvalue weighted by atomic mass is 32.1. The molecule has 1 fully saturated rings. The molecule has 2 aromatic rings. The van der Waals surface area contributed by atoms with Crippen LogP contribution < -0.4 is 15.1 Å². The van der Waals surface area contributed by atoms with Crippen LogP contribution in [0.4, 0.5) is 5.69 Å². The second kappa shape index (κ2) is 9.88. The standard InChI is InChI=1S/C21H29N3O2S/c1-23(2)18-9-7-17(8-10-18)13-22-21(25)16-24(14-19-5-3-11-26-19)15-20-6-4-12-27-20/h4,6-10,12,19H,3,5,11,13-16H2,1-2H3,(H,22,25)/p+1/t19-/m0/s1. The van der Waals surface area contributed by atoms with E-state index in [-0.39, 0.29) is 12.0 Å². The predicted octanol–water partition coefficient (Wildman–Crippen LogP) is 1.69. The Morgan fingerprint density at radius 2 is 2.11 bits per heavy atom. The SMILES string of the molecule is CN(C)c1ccc(CNC(=O)C[NH+](Cc2cccs2)C[C@@H]2CCCO2)cc1. The molecule has 0 spiro atoms. The van der Waals surface area contributed by atoms with E-state index in [0.717, 1.165) is 43.8 Å². The number of anilines is 1. The molecule has 5 nitrogen and oxygen atoms in total. The van der Waals surface area contributed by atoms with Gasteiger partial charge in [0.15, 0.2) is 6.54 Å². The van der Waals surface area contributed by atoms with Gasteiger partial charge in [-0.3, -0.25) is 4.79 Å². The van der Waals surface area contributed by atoms with Crippen LogP contribution in [0.1, 0.15) is 23.3 Å². The molecule has 2 atom stereocenters. The topological polar surface area (TPSA) is 46.0 Å². The number of amides is 1. The highest BCUT2D eigenvalue weighted by molar-refractivity contribution is 7.09. The molecule has 0 aliphatic carbocycles. The fourth-order valence-electron chi connectivity index (χ4n) is 3.40. The minimum absolute atomic E-state index is 0.0937. The van der Waals surface area contributed by atoms with Gasteiger partial charge < -0.3 is 19.9 Å². The van der Waals surface area contributed by atoms with Crippen LogP contribution in [0.3, 0.4) is 0 Å². The predicted molar refractivity (Wildman–Crippen MR) is 110 cm³/mol. The van der Waals surface area contributed by atoms with Crippen molar-refractivity contribution in [3.8, 4) is 0 Å². The van der Waals surface area contributed by atoms with Crippen molar-refractivity contribution in [2.75, 3.05) is 38.7 Å². The van der Waals surface area contributed by atoms with E-state index in [1.165, 1.54) is 9.78 Å². The second-order valence-corrected chi connectivity index (χ2v) is 8.39. The van der Waals surface area contributed by atoms with Crippen molar-refractivity contribution in [1.82, 2.24) is 5.32 Å². The van der Waals surface area contributed by atoms with E-state index in [1.54, 1.807) is 11.3 Å². The lowest BCUT2D eigenvalue weighted by Crippen LogP contribution is -3.13. The number of carbonyl (C=O) groups excluding carboxylic acids is 1. The summed E-state index contributed by atoms with van der Waals surface area (Å²) in [6.45, 7) is 3.67. The number of quaternary nitrogens is 1. The smallest absolute Gasteiger partial charge is 0.275 e. The Morgan fingerprint density at radius 1 is 1.30 bits per heavy atom. The zero-order valence-electron chi connectivity index (χ0n) is 16.2. The van der Waals surface area contributed by atoms with Gasteiger partial charge in [-0.15, -0.1) is 11.3 Å². The summed E-state index contributed by atoms with van der Waals surface area (Å²) in [6.07, 6.45) is 2.52. The minimum atomic E-state index is 0.0937. The Morgan fingerprint density at radius 3 is 2.74 bits per heavy atom. The summed E-state index contributed by atoms with van der Waals surface area (Å²) in [7, 11) is 4.05. The van der Waals surface area contributed by atoms with Gasteiger partial charge >= 0.3 is 0 Å². The van der Waals surface area contributed by atoms with Crippen LogP contribution in [-0.4, -0.2) is 45.8 Å². The minimum Gasteiger partial charge on any atom is -0.378 e. The molecule has 3 rings (SSSR count). The van der Waals surface area contributed by atoms with E-state index in [2.05, 4.69) is 52.0 Å². The lowest BCUT2D eigenvalue weighted by atomic mass is 10.2. The quantitative estimate of drug-likeness (QED) is 0.687. The number of hydrogen-bond donors (Lipinski definition) is 2. The van der Waals surface area contributed by atoms with E-state index in [4.69, 9.17) is 4.74 Å². The summed E-state index contributed by atoms with van der Waals surface area (Å²) in [5.41, 5.74) is 2.28. The average Bonchev–Trinajstić information content (AvgIpc) is 3.34. The van der Waals surface area contributed by atoms with E-state index >= 15 is 0 Å². The van der Waals surface area contributed by atoms with Gasteiger partial charge in [-0.25, -0.2) is 0 Å². The van der Waals surface area contributed by atoms with Crippen LogP contribution in [-0.2, 0) is 22.6 Å². The van der Waals surface area contributed by atoms with Crippen molar-refractivity contribution < 1.29 is 14.4 Å². The van der Waals surface area contributed by atoms with Gasteiger partial charge in [0.05, 0.1) is 4.88 Å². The summed E-state index contributed by atoms with van der Waals surface area (Å²) in [6, 6.07) is 12.5. The molecule has 1 aromatic heterocycles. The maximum atomic E-state index is 12.5. The number of benzene rings is 1. The normalized spacial score (nSPS) is 17.6. The first kappa shape index (κ1) is 19.9. The highest BCUT2D eigenvalue weighted by Crippen LogP contribution is 2.12. The molecule has 0 saturated carbocycles. The molecule has 2 N–H and O–H groups in total. The van der Waals surface area contributed by atoms with Gasteiger partial charge in [0.1, 0.15) is 19.2 Å². The van der Waals surface area contributed by atoms with Gasteiger partial charge in [-0.2, -0.15) is 0 Å². The molecule has 6 heteroatoms. The molecule has 146 valence electrons. The zero-order chi connectivity index (χ0) is 19.1. The van der Waals surface area contributed by atoms with Gasteiger partial charge in [0, 0.05) is 32.9 Å². The van der Waals surface area contributed by atoms with E-state index in [9.17, 15) is 4.79 Å². The molecule has 1 saturated heterocycles. The Hall–Kier alpha value is -1.89. The van der Waals surface area contributed by atoms with E-state index in [1.807, 2.05) is 14.1 Å². The third-order valence-electron chi connectivity index (χ3n) is 4.90. The average molecular weight is 389 g/mol. The fourth-order valence-corrected chi connectivity index (χ4v) is 4.17. The Labute approximate surface area is 165 Å². The van der Waals surface area contributed by atoms with Gasteiger partial charge in [-0.1, -0.05) is 18.2 Å². The number of nitrogens with one attached hydrogen (secondary N) is 2. The van der Waals surface area contributed by atoms with Gasteiger partial charge in [0.25, 0.3) is 5.91 Å². The first-order chi connectivity index (χ1) is 13.1. The van der Waals surface area contributed by atoms with E-state index < -0.39 is 0 Å². The molecule has 1 aromatic carbocycles. The maximum Gasteiger partial charge on any atom is 0.275 e.